The van der Waals surface area contributed by atoms with Crippen LogP contribution in [0.5, 0.6) is 0 Å². The quantitative estimate of drug-likeness (QED) is 0.816. The third-order valence-corrected chi connectivity index (χ3v) is 2.86. The molecule has 1 N–H and O–H groups in total. The summed E-state index contributed by atoms with van der Waals surface area (Å²) in [5.41, 5.74) is 0.726. The summed E-state index contributed by atoms with van der Waals surface area (Å²) in [7, 11) is 0. The number of ketones is 1. The van der Waals surface area contributed by atoms with E-state index in [2.05, 4.69) is 0 Å². The summed E-state index contributed by atoms with van der Waals surface area (Å²) in [6.07, 6.45) is 0.501. The molecule has 0 bridgehead atoms. The van der Waals surface area contributed by atoms with Crippen molar-refractivity contribution in [1.82, 2.24) is 0 Å². The van der Waals surface area contributed by atoms with E-state index >= 15 is 0 Å². The van der Waals surface area contributed by atoms with Gasteiger partial charge in [0.15, 0.2) is 5.78 Å². The predicted molar refractivity (Wildman–Crippen MR) is 69.2 cm³/mol. The van der Waals surface area contributed by atoms with Crippen LogP contribution in [0.2, 0.25) is 0 Å². The van der Waals surface area contributed by atoms with Crippen LogP contribution in [0.3, 0.4) is 0 Å². The lowest BCUT2D eigenvalue weighted by molar-refractivity contribution is 0.0949. The highest BCUT2D eigenvalue weighted by Gasteiger charge is 2.07. The van der Waals surface area contributed by atoms with Crippen molar-refractivity contribution < 1.29 is 9.90 Å². The van der Waals surface area contributed by atoms with E-state index < -0.39 is 6.10 Å². The van der Waals surface area contributed by atoms with Crippen molar-refractivity contribution in [3.8, 4) is 0 Å². The fourth-order valence-electron chi connectivity index (χ4n) is 1.85. The van der Waals surface area contributed by atoms with Gasteiger partial charge in [0.2, 0.25) is 0 Å². The minimum absolute atomic E-state index is 0.0941. The van der Waals surface area contributed by atoms with E-state index in [1.807, 2.05) is 42.5 Å². The first-order valence-electron chi connectivity index (χ1n) is 5.87. The molecule has 2 aromatic carbocycles. The summed E-state index contributed by atoms with van der Waals surface area (Å²) in [6.45, 7) is 1.70. The number of aliphatic hydroxyl groups is 1. The summed E-state index contributed by atoms with van der Waals surface area (Å²) in [4.78, 5) is 11.9. The Morgan fingerprint density at radius 3 is 2.59 bits per heavy atom. The third-order valence-electron chi connectivity index (χ3n) is 2.86. The number of carbonyl (C=O) groups excluding carboxylic acids is 1. The van der Waals surface area contributed by atoms with Crippen molar-refractivity contribution in [1.29, 1.82) is 0 Å². The van der Waals surface area contributed by atoms with Crippen LogP contribution >= 0.6 is 0 Å². The summed E-state index contributed by atoms with van der Waals surface area (Å²) in [6, 6.07) is 13.7. The highest BCUT2D eigenvalue weighted by molar-refractivity contribution is 5.99. The first kappa shape index (κ1) is 11.8. The molecule has 0 aliphatic rings. The summed E-state index contributed by atoms with van der Waals surface area (Å²) < 4.78 is 0. The second kappa shape index (κ2) is 5.11. The van der Waals surface area contributed by atoms with E-state index in [1.165, 1.54) is 0 Å². The molecular weight excluding hydrogens is 212 g/mol. The van der Waals surface area contributed by atoms with Gasteiger partial charge in [-0.05, 0) is 30.2 Å². The van der Waals surface area contributed by atoms with Crippen molar-refractivity contribution >= 4 is 16.6 Å². The van der Waals surface area contributed by atoms with Gasteiger partial charge in [-0.3, -0.25) is 4.79 Å². The molecule has 0 fully saturated rings. The number of carbonyl (C=O) groups is 1. The minimum atomic E-state index is -0.417. The number of hydrogen-bond acceptors (Lipinski definition) is 2. The molecule has 0 aromatic heterocycles. The standard InChI is InChI=1S/C15H16O2/c1-11(16)6-9-15(17)14-8-7-12-4-2-3-5-13(12)10-14/h2-5,7-8,10-11,16H,6,9H2,1H3. The maximum absolute atomic E-state index is 11.9. The number of Topliss-reactive ketones (excluding diaryl/α,β-unsaturated/α-hetero) is 1. The van der Waals surface area contributed by atoms with Gasteiger partial charge in [-0.15, -0.1) is 0 Å². The third kappa shape index (κ3) is 2.92. The van der Waals surface area contributed by atoms with Crippen molar-refractivity contribution in [2.24, 2.45) is 0 Å². The summed E-state index contributed by atoms with van der Waals surface area (Å²) in [5.74, 6) is 0.0941. The van der Waals surface area contributed by atoms with Crippen LogP contribution in [0.4, 0.5) is 0 Å². The van der Waals surface area contributed by atoms with Crippen LogP contribution in [-0.4, -0.2) is 17.0 Å². The maximum atomic E-state index is 11.9. The molecule has 17 heavy (non-hydrogen) atoms. The summed E-state index contributed by atoms with van der Waals surface area (Å²) in [5, 5.41) is 11.4. The van der Waals surface area contributed by atoms with Crippen LogP contribution in [0.25, 0.3) is 10.8 Å². The SMILES string of the molecule is CC(O)CCC(=O)c1ccc2ccccc2c1. The van der Waals surface area contributed by atoms with Crippen molar-refractivity contribution in [2.75, 3.05) is 0 Å². The van der Waals surface area contributed by atoms with Crippen molar-refractivity contribution in [3.05, 3.63) is 48.0 Å². The number of aliphatic hydroxyl groups excluding tert-OH is 1. The van der Waals surface area contributed by atoms with Gasteiger partial charge in [0.25, 0.3) is 0 Å². The van der Waals surface area contributed by atoms with Gasteiger partial charge in [0.1, 0.15) is 0 Å². The first-order valence-corrected chi connectivity index (χ1v) is 5.87. The monoisotopic (exact) mass is 228 g/mol. The molecule has 0 radical (unpaired) electrons. The Kier molecular flexibility index (Phi) is 3.55. The molecule has 2 nitrogen and oxygen atoms in total. The Balaban J connectivity index is 2.21. The lowest BCUT2D eigenvalue weighted by Crippen LogP contribution is -2.05. The number of benzene rings is 2. The highest BCUT2D eigenvalue weighted by Crippen LogP contribution is 2.17. The van der Waals surface area contributed by atoms with E-state index in [0.717, 1.165) is 16.3 Å². The van der Waals surface area contributed by atoms with Gasteiger partial charge in [0, 0.05) is 12.0 Å². The zero-order chi connectivity index (χ0) is 12.3. The van der Waals surface area contributed by atoms with E-state index in [4.69, 9.17) is 5.11 Å². The van der Waals surface area contributed by atoms with E-state index in [1.54, 1.807) is 6.92 Å². The Morgan fingerprint density at radius 1 is 1.18 bits per heavy atom. The van der Waals surface area contributed by atoms with Gasteiger partial charge in [-0.1, -0.05) is 36.4 Å². The Morgan fingerprint density at radius 2 is 1.88 bits per heavy atom. The molecule has 1 atom stereocenters. The number of hydrogen-bond donors (Lipinski definition) is 1. The molecule has 0 aliphatic heterocycles. The zero-order valence-electron chi connectivity index (χ0n) is 9.89. The fraction of sp³-hybridized carbons (Fsp3) is 0.267. The largest absolute Gasteiger partial charge is 0.393 e. The molecule has 2 aromatic rings. The zero-order valence-corrected chi connectivity index (χ0v) is 9.89. The molecule has 2 rings (SSSR count). The van der Waals surface area contributed by atoms with Crippen LogP contribution in [0.1, 0.15) is 30.1 Å². The van der Waals surface area contributed by atoms with Gasteiger partial charge >= 0.3 is 0 Å². The van der Waals surface area contributed by atoms with Crippen LogP contribution in [0.15, 0.2) is 42.5 Å². The molecule has 0 amide bonds. The van der Waals surface area contributed by atoms with Gasteiger partial charge in [-0.2, -0.15) is 0 Å². The van der Waals surface area contributed by atoms with E-state index in [9.17, 15) is 4.79 Å². The summed E-state index contributed by atoms with van der Waals surface area (Å²) >= 11 is 0. The van der Waals surface area contributed by atoms with Gasteiger partial charge < -0.3 is 5.11 Å². The minimum Gasteiger partial charge on any atom is -0.393 e. The number of fused-ring (bicyclic) bond motifs is 1. The van der Waals surface area contributed by atoms with Gasteiger partial charge in [-0.25, -0.2) is 0 Å². The Bertz CT molecular complexity index is 529. The average molecular weight is 228 g/mol. The molecule has 1 unspecified atom stereocenters. The van der Waals surface area contributed by atoms with Gasteiger partial charge in [0.05, 0.1) is 6.10 Å². The smallest absolute Gasteiger partial charge is 0.162 e. The molecule has 0 saturated carbocycles. The normalized spacial score (nSPS) is 12.6. The lowest BCUT2D eigenvalue weighted by atomic mass is 10.0. The topological polar surface area (TPSA) is 37.3 Å². The maximum Gasteiger partial charge on any atom is 0.162 e. The molecule has 0 saturated heterocycles. The first-order chi connectivity index (χ1) is 8.16. The van der Waals surface area contributed by atoms with Crippen LogP contribution < -0.4 is 0 Å². The Hall–Kier alpha value is -1.67. The van der Waals surface area contributed by atoms with E-state index in [-0.39, 0.29) is 5.78 Å². The predicted octanol–water partition coefficient (Wildman–Crippen LogP) is 3.18. The molecule has 0 spiro atoms. The van der Waals surface area contributed by atoms with Crippen molar-refractivity contribution in [3.63, 3.8) is 0 Å². The molecule has 88 valence electrons. The fourth-order valence-corrected chi connectivity index (χ4v) is 1.85. The molecule has 0 heterocycles. The molecule has 2 heteroatoms. The molecular formula is C15H16O2. The van der Waals surface area contributed by atoms with E-state index in [0.29, 0.717) is 12.8 Å². The Labute approximate surface area is 101 Å². The van der Waals surface area contributed by atoms with Crippen LogP contribution in [0, 0.1) is 0 Å². The molecule has 0 aliphatic carbocycles. The number of rotatable bonds is 4. The average Bonchev–Trinajstić information content (AvgIpc) is 2.35. The van der Waals surface area contributed by atoms with Crippen LogP contribution in [-0.2, 0) is 0 Å². The highest BCUT2D eigenvalue weighted by atomic mass is 16.3. The second-order valence-electron chi connectivity index (χ2n) is 4.37. The van der Waals surface area contributed by atoms with Crippen molar-refractivity contribution in [2.45, 2.75) is 25.9 Å². The second-order valence-corrected chi connectivity index (χ2v) is 4.37. The lowest BCUT2D eigenvalue weighted by Gasteiger charge is -2.05.